The van der Waals surface area contributed by atoms with E-state index >= 15 is 0 Å². The number of anilines is 1. The van der Waals surface area contributed by atoms with Gasteiger partial charge in [-0.25, -0.2) is 5.43 Å². The highest BCUT2D eigenvalue weighted by Crippen LogP contribution is 2.21. The second-order valence-electron chi connectivity index (χ2n) is 5.65. The smallest absolute Gasteiger partial charge is 0.329 e. The van der Waals surface area contributed by atoms with Crippen LogP contribution in [0.2, 0.25) is 0 Å². The molecule has 28 heavy (non-hydrogen) atoms. The maximum Gasteiger partial charge on any atom is 0.329 e. The third-order valence-electron chi connectivity index (χ3n) is 3.51. The van der Waals surface area contributed by atoms with Gasteiger partial charge in [0.25, 0.3) is 0 Å². The van der Waals surface area contributed by atoms with E-state index in [1.807, 2.05) is 42.5 Å². The normalized spacial score (nSPS) is 10.5. The van der Waals surface area contributed by atoms with Crippen LogP contribution in [0.25, 0.3) is 0 Å². The molecule has 6 nitrogen and oxygen atoms in total. The average molecular weight is 438 g/mol. The molecule has 0 aliphatic rings. The maximum absolute atomic E-state index is 11.9. The molecule has 0 spiro atoms. The predicted molar refractivity (Wildman–Crippen MR) is 111 cm³/mol. The molecule has 3 aromatic rings. The van der Waals surface area contributed by atoms with E-state index < -0.39 is 11.8 Å². The fraction of sp³-hybridized carbons (Fsp3) is 0. The number of carbonyl (C=O) groups is 2. The molecule has 0 saturated heterocycles. The molecule has 0 radical (unpaired) electrons. The van der Waals surface area contributed by atoms with Crippen molar-refractivity contribution in [3.63, 3.8) is 0 Å². The van der Waals surface area contributed by atoms with Crippen molar-refractivity contribution in [2.75, 3.05) is 5.32 Å². The van der Waals surface area contributed by atoms with Gasteiger partial charge in [-0.05, 0) is 48.0 Å². The number of carbonyl (C=O) groups excluding carboxylic acids is 2. The lowest BCUT2D eigenvalue weighted by Gasteiger charge is -2.06. The van der Waals surface area contributed by atoms with Crippen molar-refractivity contribution in [3.8, 4) is 11.5 Å². The average Bonchev–Trinajstić information content (AvgIpc) is 2.69. The van der Waals surface area contributed by atoms with E-state index in [0.717, 1.165) is 4.47 Å². The fourth-order valence-electron chi connectivity index (χ4n) is 2.25. The van der Waals surface area contributed by atoms with Crippen molar-refractivity contribution in [2.45, 2.75) is 0 Å². The highest BCUT2D eigenvalue weighted by molar-refractivity contribution is 9.10. The lowest BCUT2D eigenvalue weighted by Crippen LogP contribution is -2.32. The molecule has 0 saturated carbocycles. The summed E-state index contributed by atoms with van der Waals surface area (Å²) >= 11 is 3.30. The Morgan fingerprint density at radius 1 is 0.857 bits per heavy atom. The molecular formula is C21H16BrN3O3. The number of nitrogens with one attached hydrogen (secondary N) is 2. The zero-order valence-corrected chi connectivity index (χ0v) is 16.2. The van der Waals surface area contributed by atoms with Gasteiger partial charge in [-0.3, -0.25) is 9.59 Å². The van der Waals surface area contributed by atoms with Crippen LogP contribution < -0.4 is 15.5 Å². The Morgan fingerprint density at radius 2 is 1.61 bits per heavy atom. The summed E-state index contributed by atoms with van der Waals surface area (Å²) < 4.78 is 6.54. The highest BCUT2D eigenvalue weighted by atomic mass is 79.9. The molecule has 0 fully saturated rings. The molecule has 0 aliphatic heterocycles. The molecule has 3 rings (SSSR count). The maximum atomic E-state index is 11.9. The van der Waals surface area contributed by atoms with Crippen LogP contribution in [0.5, 0.6) is 11.5 Å². The van der Waals surface area contributed by atoms with Crippen LogP contribution >= 0.6 is 15.9 Å². The molecule has 0 bridgehead atoms. The highest BCUT2D eigenvalue weighted by Gasteiger charge is 2.12. The predicted octanol–water partition coefficient (Wildman–Crippen LogP) is 4.33. The third kappa shape index (κ3) is 5.78. The van der Waals surface area contributed by atoms with Crippen LogP contribution in [0, 0.1) is 0 Å². The summed E-state index contributed by atoms with van der Waals surface area (Å²) in [4.78, 5) is 23.7. The number of ether oxygens (including phenoxy) is 1. The molecule has 0 aliphatic carbocycles. The van der Waals surface area contributed by atoms with Gasteiger partial charge >= 0.3 is 11.8 Å². The van der Waals surface area contributed by atoms with Crippen molar-refractivity contribution in [3.05, 3.63) is 88.9 Å². The standard InChI is InChI=1S/C21H16BrN3O3/c22-16-7-5-8-17(13-16)24-20(26)21(27)25-23-14-15-6-4-11-19(12-15)28-18-9-2-1-3-10-18/h1-14H,(H,24,26)(H,25,27)/b23-14-. The number of halogens is 1. The number of hydrogen-bond acceptors (Lipinski definition) is 4. The van der Waals surface area contributed by atoms with E-state index in [4.69, 9.17) is 4.74 Å². The Labute approximate surface area is 170 Å². The van der Waals surface area contributed by atoms with E-state index in [2.05, 4.69) is 31.8 Å². The Bertz CT molecular complexity index is 1010. The number of benzene rings is 3. The number of para-hydroxylation sites is 1. The van der Waals surface area contributed by atoms with Gasteiger partial charge in [0, 0.05) is 10.2 Å². The van der Waals surface area contributed by atoms with Crippen LogP contribution in [-0.4, -0.2) is 18.0 Å². The molecule has 0 unspecified atom stereocenters. The van der Waals surface area contributed by atoms with Gasteiger partial charge in [0.15, 0.2) is 0 Å². The summed E-state index contributed by atoms with van der Waals surface area (Å²) in [6, 6.07) is 23.5. The molecule has 0 aromatic heterocycles. The third-order valence-corrected chi connectivity index (χ3v) is 4.00. The lowest BCUT2D eigenvalue weighted by atomic mass is 10.2. The first kappa shape index (κ1) is 19.3. The number of rotatable bonds is 5. The summed E-state index contributed by atoms with van der Waals surface area (Å²) in [6.07, 6.45) is 1.43. The Hall–Kier alpha value is -3.45. The van der Waals surface area contributed by atoms with Crippen LogP contribution in [0.4, 0.5) is 5.69 Å². The van der Waals surface area contributed by atoms with Crippen molar-refractivity contribution < 1.29 is 14.3 Å². The summed E-state index contributed by atoms with van der Waals surface area (Å²) in [5, 5.41) is 6.31. The largest absolute Gasteiger partial charge is 0.457 e. The number of hydrogen-bond donors (Lipinski definition) is 2. The molecule has 7 heteroatoms. The molecule has 140 valence electrons. The van der Waals surface area contributed by atoms with Gasteiger partial charge in [-0.15, -0.1) is 0 Å². The van der Waals surface area contributed by atoms with Crippen molar-refractivity contribution in [2.24, 2.45) is 5.10 Å². The first-order chi connectivity index (χ1) is 13.6. The summed E-state index contributed by atoms with van der Waals surface area (Å²) in [7, 11) is 0. The molecule has 0 heterocycles. The fourth-order valence-corrected chi connectivity index (χ4v) is 2.65. The van der Waals surface area contributed by atoms with E-state index in [0.29, 0.717) is 22.7 Å². The van der Waals surface area contributed by atoms with Crippen LogP contribution in [-0.2, 0) is 9.59 Å². The molecule has 0 atom stereocenters. The lowest BCUT2D eigenvalue weighted by molar-refractivity contribution is -0.136. The van der Waals surface area contributed by atoms with Crippen molar-refractivity contribution in [1.82, 2.24) is 5.43 Å². The van der Waals surface area contributed by atoms with Gasteiger partial charge in [0.2, 0.25) is 0 Å². The van der Waals surface area contributed by atoms with Crippen LogP contribution in [0.1, 0.15) is 5.56 Å². The van der Waals surface area contributed by atoms with E-state index in [1.165, 1.54) is 6.21 Å². The zero-order chi connectivity index (χ0) is 19.8. The topological polar surface area (TPSA) is 79.8 Å². The first-order valence-electron chi connectivity index (χ1n) is 8.33. The summed E-state index contributed by atoms with van der Waals surface area (Å²) in [5.41, 5.74) is 3.41. The minimum atomic E-state index is -0.868. The Balaban J connectivity index is 1.55. The van der Waals surface area contributed by atoms with Crippen LogP contribution in [0.3, 0.4) is 0 Å². The first-order valence-corrected chi connectivity index (χ1v) is 9.12. The van der Waals surface area contributed by atoms with E-state index in [9.17, 15) is 9.59 Å². The molecule has 3 aromatic carbocycles. The Kier molecular flexibility index (Phi) is 6.54. The molecule has 2 N–H and O–H groups in total. The van der Waals surface area contributed by atoms with Gasteiger partial charge < -0.3 is 10.1 Å². The quantitative estimate of drug-likeness (QED) is 0.354. The number of nitrogens with zero attached hydrogens (tertiary/aromatic N) is 1. The summed E-state index contributed by atoms with van der Waals surface area (Å²) in [5.74, 6) is -0.327. The van der Waals surface area contributed by atoms with Crippen molar-refractivity contribution >= 4 is 39.6 Å². The van der Waals surface area contributed by atoms with Crippen molar-refractivity contribution in [1.29, 1.82) is 0 Å². The monoisotopic (exact) mass is 437 g/mol. The zero-order valence-electron chi connectivity index (χ0n) is 14.6. The van der Waals surface area contributed by atoms with Gasteiger partial charge in [0.1, 0.15) is 11.5 Å². The van der Waals surface area contributed by atoms with E-state index in [1.54, 1.807) is 36.4 Å². The van der Waals surface area contributed by atoms with Gasteiger partial charge in [-0.1, -0.05) is 52.3 Å². The van der Waals surface area contributed by atoms with Gasteiger partial charge in [0.05, 0.1) is 6.21 Å². The second kappa shape index (κ2) is 9.48. The Morgan fingerprint density at radius 3 is 2.39 bits per heavy atom. The van der Waals surface area contributed by atoms with Crippen LogP contribution in [0.15, 0.2) is 88.4 Å². The minimum Gasteiger partial charge on any atom is -0.457 e. The summed E-state index contributed by atoms with van der Waals surface area (Å²) in [6.45, 7) is 0. The molecule has 2 amide bonds. The second-order valence-corrected chi connectivity index (χ2v) is 6.57. The van der Waals surface area contributed by atoms with E-state index in [-0.39, 0.29) is 0 Å². The van der Waals surface area contributed by atoms with Gasteiger partial charge in [-0.2, -0.15) is 5.10 Å². The number of hydrazone groups is 1. The minimum absolute atomic E-state index is 0.504. The SMILES string of the molecule is O=C(N/N=C\c1cccc(Oc2ccccc2)c1)C(=O)Nc1cccc(Br)c1. The number of amides is 2. The molecular weight excluding hydrogens is 422 g/mol.